The normalized spacial score (nSPS) is 24.0. The molecule has 2 heterocycles. The number of aliphatic hydroxyl groups is 3. The van der Waals surface area contributed by atoms with E-state index in [4.69, 9.17) is 19.4 Å². The van der Waals surface area contributed by atoms with E-state index in [-0.39, 0.29) is 12.4 Å². The molecule has 1 aliphatic heterocycles. The summed E-state index contributed by atoms with van der Waals surface area (Å²) in [5.41, 5.74) is 5.01. The lowest BCUT2D eigenvalue weighted by molar-refractivity contribution is -0.379. The molecule has 8 nitrogen and oxygen atoms in total. The predicted molar refractivity (Wildman–Crippen MR) is 83.6 cm³/mol. The molecular formula is C16H25N2O6+. The number of aryl methyl sites for hydroxylation is 1. The Kier molecular flexibility index (Phi) is 7.57. The van der Waals surface area contributed by atoms with Crippen molar-refractivity contribution in [3.05, 3.63) is 41.4 Å². The number of aromatic nitrogens is 1. The first-order valence-electron chi connectivity index (χ1n) is 7.88. The molecule has 8 heteroatoms. The maximum absolute atomic E-state index is 9.67. The monoisotopic (exact) mass is 341 g/mol. The quantitative estimate of drug-likeness (QED) is 0.362. The van der Waals surface area contributed by atoms with Crippen molar-refractivity contribution in [1.82, 2.24) is 5.48 Å². The summed E-state index contributed by atoms with van der Waals surface area (Å²) in [4.78, 5) is 8.39. The number of hydrogen-bond acceptors (Lipinski definition) is 7. The molecule has 0 bridgehead atoms. The lowest BCUT2D eigenvalue weighted by Gasteiger charge is -2.30. The zero-order valence-corrected chi connectivity index (χ0v) is 13.6. The largest absolute Gasteiger partial charge is 0.507 e. The molecule has 1 aromatic rings. The number of nitrogens with one attached hydrogen (secondary N) is 2. The molecule has 134 valence electrons. The number of ether oxygens (including phenoxy) is 2. The second-order valence-corrected chi connectivity index (χ2v) is 5.60. The van der Waals surface area contributed by atoms with Gasteiger partial charge in [-0.15, -0.1) is 0 Å². The second-order valence-electron chi connectivity index (χ2n) is 5.60. The minimum Gasteiger partial charge on any atom is -0.507 e. The van der Waals surface area contributed by atoms with Gasteiger partial charge in [-0.3, -0.25) is 4.84 Å². The number of H-pyrrole nitrogens is 1. The topological polar surface area (TPSA) is 115 Å². The highest BCUT2D eigenvalue weighted by Gasteiger charge is 2.30. The molecule has 0 aliphatic carbocycles. The van der Waals surface area contributed by atoms with Crippen LogP contribution in [-0.2, 0) is 20.9 Å². The first-order chi connectivity index (χ1) is 11.6. The maximum Gasteiger partial charge on any atom is 0.216 e. The van der Waals surface area contributed by atoms with E-state index in [9.17, 15) is 10.2 Å². The molecule has 0 saturated carbocycles. The lowest BCUT2D eigenvalue weighted by atomic mass is 10.1. The van der Waals surface area contributed by atoms with Gasteiger partial charge < -0.3 is 24.8 Å². The van der Waals surface area contributed by atoms with Crippen molar-refractivity contribution in [2.45, 2.75) is 38.4 Å². The van der Waals surface area contributed by atoms with Gasteiger partial charge >= 0.3 is 0 Å². The summed E-state index contributed by atoms with van der Waals surface area (Å²) >= 11 is 0. The Balaban J connectivity index is 1.57. The fourth-order valence-electron chi connectivity index (χ4n) is 2.23. The Labute approximate surface area is 140 Å². The van der Waals surface area contributed by atoms with Crippen LogP contribution in [0.2, 0.25) is 0 Å². The average molecular weight is 341 g/mol. The van der Waals surface area contributed by atoms with Gasteiger partial charge in [-0.1, -0.05) is 0 Å². The summed E-state index contributed by atoms with van der Waals surface area (Å²) in [6, 6.07) is 2.03. The summed E-state index contributed by atoms with van der Waals surface area (Å²) < 4.78 is 10.7. The minimum atomic E-state index is -1.04. The van der Waals surface area contributed by atoms with Gasteiger partial charge in [0.2, 0.25) is 6.29 Å². The van der Waals surface area contributed by atoms with Gasteiger partial charge in [0.25, 0.3) is 0 Å². The van der Waals surface area contributed by atoms with Crippen molar-refractivity contribution in [3.63, 3.8) is 0 Å². The van der Waals surface area contributed by atoms with Crippen LogP contribution in [0.5, 0.6) is 0 Å². The Morgan fingerprint density at radius 3 is 2.96 bits per heavy atom. The molecule has 1 aliphatic rings. The molecule has 1 aromatic heterocycles. The van der Waals surface area contributed by atoms with Gasteiger partial charge in [-0.05, 0) is 25.5 Å². The van der Waals surface area contributed by atoms with Crippen molar-refractivity contribution in [1.29, 1.82) is 0 Å². The minimum absolute atomic E-state index is 0.188. The molecule has 0 radical (unpaired) electrons. The molecule has 0 spiro atoms. The van der Waals surface area contributed by atoms with Crippen molar-refractivity contribution >= 4 is 0 Å². The molecule has 5 N–H and O–H groups in total. The molecule has 0 amide bonds. The summed E-state index contributed by atoms with van der Waals surface area (Å²) in [5.74, 6) is -0.188. The molecule has 3 atom stereocenters. The smallest absolute Gasteiger partial charge is 0.216 e. The third-order valence-electron chi connectivity index (χ3n) is 3.47. The Morgan fingerprint density at radius 1 is 1.38 bits per heavy atom. The van der Waals surface area contributed by atoms with Crippen molar-refractivity contribution in [2.75, 3.05) is 19.8 Å². The zero-order valence-electron chi connectivity index (χ0n) is 13.6. The van der Waals surface area contributed by atoms with Gasteiger partial charge in [-0.2, -0.15) is 0 Å². The third kappa shape index (κ3) is 5.82. The van der Waals surface area contributed by atoms with Crippen LogP contribution in [-0.4, -0.2) is 53.6 Å². The standard InChI is InChI=1S/C16H24N2O6/c1-11-5-12(8-17-7-11)10-23-18-3-2-4-22-16-14(21)6-13(20)15(9-19)24-16/h5-8,13,15-16,18-21H,2-4,9-10H2,1H3/p+1/t13?,15?,16-/m0/s1. The van der Waals surface area contributed by atoms with Crippen LogP contribution in [0.25, 0.3) is 0 Å². The van der Waals surface area contributed by atoms with Crippen molar-refractivity contribution in [3.8, 4) is 0 Å². The van der Waals surface area contributed by atoms with E-state index in [1.165, 1.54) is 6.08 Å². The van der Waals surface area contributed by atoms with Crippen LogP contribution in [0.4, 0.5) is 0 Å². The number of aromatic amines is 1. The van der Waals surface area contributed by atoms with E-state index < -0.39 is 18.5 Å². The summed E-state index contributed by atoms with van der Waals surface area (Å²) in [7, 11) is 0. The maximum atomic E-state index is 9.67. The van der Waals surface area contributed by atoms with Gasteiger partial charge in [0.05, 0.1) is 19.8 Å². The van der Waals surface area contributed by atoms with Crippen LogP contribution in [0.3, 0.4) is 0 Å². The highest BCUT2D eigenvalue weighted by atomic mass is 16.7. The predicted octanol–water partition coefficient (Wildman–Crippen LogP) is -0.243. The van der Waals surface area contributed by atoms with Crippen molar-refractivity contribution < 1.29 is 34.6 Å². The van der Waals surface area contributed by atoms with Gasteiger partial charge in [0.1, 0.15) is 18.0 Å². The Morgan fingerprint density at radius 2 is 2.21 bits per heavy atom. The van der Waals surface area contributed by atoms with Crippen LogP contribution in [0, 0.1) is 6.92 Å². The molecule has 24 heavy (non-hydrogen) atoms. The van der Waals surface area contributed by atoms with E-state index >= 15 is 0 Å². The summed E-state index contributed by atoms with van der Waals surface area (Å²) in [5, 5.41) is 28.3. The highest BCUT2D eigenvalue weighted by Crippen LogP contribution is 2.19. The molecule has 2 unspecified atom stereocenters. The van der Waals surface area contributed by atoms with E-state index in [0.29, 0.717) is 26.2 Å². The van der Waals surface area contributed by atoms with E-state index in [1.54, 1.807) is 0 Å². The van der Waals surface area contributed by atoms with Crippen LogP contribution >= 0.6 is 0 Å². The second kappa shape index (κ2) is 9.67. The third-order valence-corrected chi connectivity index (χ3v) is 3.47. The Hall–Kier alpha value is -1.55. The Bertz CT molecular complexity index is 539. The summed E-state index contributed by atoms with van der Waals surface area (Å²) in [6.07, 6.45) is 2.84. The number of rotatable bonds is 9. The zero-order chi connectivity index (χ0) is 17.4. The van der Waals surface area contributed by atoms with Gasteiger partial charge in [0, 0.05) is 17.7 Å². The highest BCUT2D eigenvalue weighted by molar-refractivity contribution is 5.12. The molecule has 2 rings (SSSR count). The van der Waals surface area contributed by atoms with E-state index in [0.717, 1.165) is 11.1 Å². The first kappa shape index (κ1) is 18.8. The lowest BCUT2D eigenvalue weighted by Crippen LogP contribution is -2.41. The van der Waals surface area contributed by atoms with Crippen LogP contribution < -0.4 is 10.5 Å². The average Bonchev–Trinajstić information content (AvgIpc) is 2.55. The fourth-order valence-corrected chi connectivity index (χ4v) is 2.23. The summed E-state index contributed by atoms with van der Waals surface area (Å²) in [6.45, 7) is 2.99. The molecule has 0 fully saturated rings. The van der Waals surface area contributed by atoms with Crippen LogP contribution in [0.1, 0.15) is 17.5 Å². The van der Waals surface area contributed by atoms with Gasteiger partial charge in [0.15, 0.2) is 12.4 Å². The number of aliphatic hydroxyl groups excluding tert-OH is 3. The van der Waals surface area contributed by atoms with E-state index in [2.05, 4.69) is 10.5 Å². The van der Waals surface area contributed by atoms with E-state index in [1.807, 2.05) is 25.4 Å². The van der Waals surface area contributed by atoms with Crippen molar-refractivity contribution in [2.24, 2.45) is 0 Å². The van der Waals surface area contributed by atoms with Crippen LogP contribution in [0.15, 0.2) is 30.3 Å². The number of hydrogen-bond donors (Lipinski definition) is 4. The first-order valence-corrected chi connectivity index (χ1v) is 7.88. The van der Waals surface area contributed by atoms with Gasteiger partial charge in [-0.25, -0.2) is 10.5 Å². The number of pyridine rings is 1. The molecule has 0 saturated heterocycles. The fraction of sp³-hybridized carbons (Fsp3) is 0.562. The molecule has 0 aromatic carbocycles. The molecular weight excluding hydrogens is 316 g/mol. The SMILES string of the molecule is Cc1c[nH+]cc(CONCCCO[C@H]2OC(CO)C(O)C=C2O)c1. The number of hydroxylamine groups is 1.